The Labute approximate surface area is 197 Å². The van der Waals surface area contributed by atoms with Crippen molar-refractivity contribution in [3.8, 4) is 17.1 Å². The van der Waals surface area contributed by atoms with Crippen molar-refractivity contribution in [1.82, 2.24) is 19.9 Å². The monoisotopic (exact) mass is 484 g/mol. The molecule has 1 fully saturated rings. The maximum absolute atomic E-state index is 12.8. The van der Waals surface area contributed by atoms with E-state index in [1.165, 1.54) is 19.5 Å². The zero-order valence-electron chi connectivity index (χ0n) is 18.6. The van der Waals surface area contributed by atoms with Crippen LogP contribution in [0.1, 0.15) is 31.6 Å². The highest BCUT2D eigenvalue weighted by atomic mass is 32.2. The predicted octanol–water partition coefficient (Wildman–Crippen LogP) is 2.56. The summed E-state index contributed by atoms with van der Waals surface area (Å²) in [6.07, 6.45) is 5.96. The fourth-order valence-electron chi connectivity index (χ4n) is 3.16. The number of nitrogens with one attached hydrogen (secondary N) is 2. The van der Waals surface area contributed by atoms with Gasteiger partial charge in [-0.05, 0) is 31.9 Å². The van der Waals surface area contributed by atoms with Crippen molar-refractivity contribution in [3.05, 3.63) is 54.7 Å². The van der Waals surface area contributed by atoms with Gasteiger partial charge in [-0.2, -0.15) is 0 Å². The summed E-state index contributed by atoms with van der Waals surface area (Å²) < 4.78 is 37.4. The first-order valence-corrected chi connectivity index (χ1v) is 12.2. The van der Waals surface area contributed by atoms with Crippen LogP contribution < -0.4 is 14.8 Å². The topological polar surface area (TPSA) is 145 Å². The summed E-state index contributed by atoms with van der Waals surface area (Å²) in [6.45, 7) is 2.36. The van der Waals surface area contributed by atoms with Gasteiger partial charge in [0.15, 0.2) is 11.9 Å². The van der Waals surface area contributed by atoms with E-state index in [-0.39, 0.29) is 11.5 Å². The van der Waals surface area contributed by atoms with Gasteiger partial charge >= 0.3 is 0 Å². The molecule has 1 aliphatic rings. The van der Waals surface area contributed by atoms with Crippen LogP contribution in [0, 0.1) is 0 Å². The van der Waals surface area contributed by atoms with E-state index in [9.17, 15) is 13.2 Å². The maximum Gasteiger partial charge on any atom is 0.259 e. The SMILES string of the molecule is CCOc1cncc(-c2ccc(NC(=O)C(OC)c3cncc(NS(=O)(=O)C4CC4)n3)cc2)n1. The Morgan fingerprint density at radius 1 is 1.09 bits per heavy atom. The van der Waals surface area contributed by atoms with Gasteiger partial charge < -0.3 is 14.8 Å². The molecule has 34 heavy (non-hydrogen) atoms. The molecule has 178 valence electrons. The Bertz CT molecular complexity index is 1260. The van der Waals surface area contributed by atoms with E-state index < -0.39 is 27.3 Å². The fraction of sp³-hybridized carbons (Fsp3) is 0.318. The molecular weight excluding hydrogens is 460 g/mol. The Morgan fingerprint density at radius 3 is 2.50 bits per heavy atom. The summed E-state index contributed by atoms with van der Waals surface area (Å²) in [4.78, 5) is 29.6. The first-order chi connectivity index (χ1) is 16.4. The Kier molecular flexibility index (Phi) is 6.98. The van der Waals surface area contributed by atoms with Crippen molar-refractivity contribution in [3.63, 3.8) is 0 Å². The minimum atomic E-state index is -3.50. The highest BCUT2D eigenvalue weighted by molar-refractivity contribution is 7.93. The summed E-state index contributed by atoms with van der Waals surface area (Å²) in [7, 11) is -2.14. The van der Waals surface area contributed by atoms with E-state index >= 15 is 0 Å². The predicted molar refractivity (Wildman–Crippen MR) is 125 cm³/mol. The number of rotatable bonds is 10. The number of carbonyl (C=O) groups excluding carboxylic acids is 1. The number of hydrogen-bond donors (Lipinski definition) is 2. The lowest BCUT2D eigenvalue weighted by Gasteiger charge is -2.16. The Morgan fingerprint density at radius 2 is 1.82 bits per heavy atom. The molecule has 4 rings (SSSR count). The highest BCUT2D eigenvalue weighted by Gasteiger charge is 2.36. The van der Waals surface area contributed by atoms with E-state index in [1.807, 2.05) is 6.92 Å². The summed E-state index contributed by atoms with van der Waals surface area (Å²) in [5.41, 5.74) is 2.15. The van der Waals surface area contributed by atoms with Crippen LogP contribution in [0.3, 0.4) is 0 Å². The van der Waals surface area contributed by atoms with Crippen molar-refractivity contribution in [2.45, 2.75) is 31.1 Å². The normalized spacial score (nSPS) is 14.3. The third kappa shape index (κ3) is 5.64. The van der Waals surface area contributed by atoms with Crippen molar-refractivity contribution in [2.75, 3.05) is 23.8 Å². The molecule has 0 saturated heterocycles. The summed E-state index contributed by atoms with van der Waals surface area (Å²) in [6, 6.07) is 7.04. The molecule has 1 saturated carbocycles. The lowest BCUT2D eigenvalue weighted by atomic mass is 10.1. The molecular formula is C22H24N6O5S. The van der Waals surface area contributed by atoms with E-state index in [0.29, 0.717) is 36.7 Å². The number of nitrogens with zero attached hydrogens (tertiary/aromatic N) is 4. The van der Waals surface area contributed by atoms with Crippen LogP contribution >= 0.6 is 0 Å². The van der Waals surface area contributed by atoms with Gasteiger partial charge in [0.2, 0.25) is 15.9 Å². The second-order valence-electron chi connectivity index (χ2n) is 7.53. The molecule has 0 spiro atoms. The Hall–Kier alpha value is -3.64. The molecule has 12 heteroatoms. The minimum absolute atomic E-state index is 0.0407. The molecule has 1 aromatic carbocycles. The number of carbonyl (C=O) groups is 1. The lowest BCUT2D eigenvalue weighted by molar-refractivity contribution is -0.126. The van der Waals surface area contributed by atoms with Crippen LogP contribution in [0.15, 0.2) is 49.1 Å². The smallest absolute Gasteiger partial charge is 0.259 e. The third-order valence-corrected chi connectivity index (χ3v) is 6.80. The summed E-state index contributed by atoms with van der Waals surface area (Å²) in [5, 5.41) is 2.36. The number of sulfonamides is 1. The number of methoxy groups -OCH3 is 1. The lowest BCUT2D eigenvalue weighted by Crippen LogP contribution is -2.24. The molecule has 3 aromatic rings. The minimum Gasteiger partial charge on any atom is -0.477 e. The first kappa shape index (κ1) is 23.5. The quantitative estimate of drug-likeness (QED) is 0.443. The van der Waals surface area contributed by atoms with Crippen LogP contribution in [0.25, 0.3) is 11.3 Å². The number of hydrogen-bond acceptors (Lipinski definition) is 9. The van der Waals surface area contributed by atoms with Crippen molar-refractivity contribution < 1.29 is 22.7 Å². The molecule has 1 unspecified atom stereocenters. The van der Waals surface area contributed by atoms with Gasteiger partial charge in [-0.1, -0.05) is 12.1 Å². The molecule has 1 atom stereocenters. The molecule has 0 bridgehead atoms. The zero-order chi connectivity index (χ0) is 24.1. The maximum atomic E-state index is 12.8. The van der Waals surface area contributed by atoms with Gasteiger partial charge in [-0.25, -0.2) is 18.4 Å². The van der Waals surface area contributed by atoms with Crippen molar-refractivity contribution in [1.29, 1.82) is 0 Å². The van der Waals surface area contributed by atoms with Gasteiger partial charge in [-0.15, -0.1) is 0 Å². The second-order valence-corrected chi connectivity index (χ2v) is 9.49. The number of benzene rings is 1. The average molecular weight is 485 g/mol. The van der Waals surface area contributed by atoms with Crippen LogP contribution in [0.5, 0.6) is 5.88 Å². The van der Waals surface area contributed by atoms with Gasteiger partial charge in [0.1, 0.15) is 0 Å². The van der Waals surface area contributed by atoms with E-state index in [4.69, 9.17) is 9.47 Å². The van der Waals surface area contributed by atoms with Gasteiger partial charge in [0, 0.05) is 18.4 Å². The van der Waals surface area contributed by atoms with Crippen LogP contribution in [-0.4, -0.2) is 53.2 Å². The molecule has 2 aromatic heterocycles. The molecule has 0 aliphatic heterocycles. The van der Waals surface area contributed by atoms with E-state index in [0.717, 1.165) is 5.56 Å². The number of amides is 1. The molecule has 1 amide bonds. The van der Waals surface area contributed by atoms with Gasteiger partial charge in [-0.3, -0.25) is 19.5 Å². The van der Waals surface area contributed by atoms with Crippen LogP contribution in [0.2, 0.25) is 0 Å². The van der Waals surface area contributed by atoms with Crippen LogP contribution in [0.4, 0.5) is 11.5 Å². The molecule has 0 radical (unpaired) electrons. The van der Waals surface area contributed by atoms with Crippen molar-refractivity contribution >= 4 is 27.4 Å². The zero-order valence-corrected chi connectivity index (χ0v) is 19.4. The molecule has 1 aliphatic carbocycles. The van der Waals surface area contributed by atoms with Gasteiger partial charge in [0.05, 0.1) is 48.0 Å². The third-order valence-electron chi connectivity index (χ3n) is 4.96. The van der Waals surface area contributed by atoms with Gasteiger partial charge in [0.25, 0.3) is 5.91 Å². The van der Waals surface area contributed by atoms with Crippen LogP contribution in [-0.2, 0) is 19.6 Å². The fourth-order valence-corrected chi connectivity index (χ4v) is 4.48. The molecule has 2 heterocycles. The highest BCUT2D eigenvalue weighted by Crippen LogP contribution is 2.29. The number of ether oxygens (including phenoxy) is 2. The summed E-state index contributed by atoms with van der Waals surface area (Å²) >= 11 is 0. The largest absolute Gasteiger partial charge is 0.477 e. The number of aromatic nitrogens is 4. The van der Waals surface area contributed by atoms with E-state index in [2.05, 4.69) is 30.0 Å². The first-order valence-electron chi connectivity index (χ1n) is 10.6. The van der Waals surface area contributed by atoms with E-state index in [1.54, 1.807) is 36.7 Å². The summed E-state index contributed by atoms with van der Waals surface area (Å²) in [5.74, 6) is -0.00745. The standard InChI is InChI=1S/C22H24N6O5S/c1-3-33-20-13-24-10-17(27-20)14-4-6-15(7-5-14)25-22(29)21(32-2)18-11-23-12-19(26-18)28-34(30,31)16-8-9-16/h4-7,10-13,16,21H,3,8-9H2,1-2H3,(H,25,29)(H,26,28). The van der Waals surface area contributed by atoms with Crippen molar-refractivity contribution in [2.24, 2.45) is 0 Å². The molecule has 2 N–H and O–H groups in total. The number of anilines is 2. The Balaban J connectivity index is 1.45. The average Bonchev–Trinajstić information content (AvgIpc) is 3.67. The molecule has 11 nitrogen and oxygen atoms in total. The second kappa shape index (κ2) is 10.1.